The standard InChI is InChI=1S/C18H15N3O2/c1-23-16-10-8-15(9-11-16)21-18(17(13-22)19-20-21)12-7-14-5-3-2-4-6-14/h2-13H,1H3/b12-7+. The van der Waals surface area contributed by atoms with Crippen LogP contribution in [0.3, 0.4) is 0 Å². The molecule has 114 valence electrons. The Kier molecular flexibility index (Phi) is 4.29. The van der Waals surface area contributed by atoms with Gasteiger partial charge in [-0.2, -0.15) is 0 Å². The predicted octanol–water partition coefficient (Wildman–Crippen LogP) is 3.26. The molecule has 5 heteroatoms. The van der Waals surface area contributed by atoms with Gasteiger partial charge in [0.1, 0.15) is 5.75 Å². The highest BCUT2D eigenvalue weighted by molar-refractivity contribution is 5.81. The highest BCUT2D eigenvalue weighted by atomic mass is 16.5. The van der Waals surface area contributed by atoms with E-state index in [2.05, 4.69) is 10.3 Å². The Hall–Kier alpha value is -3.21. The zero-order valence-electron chi connectivity index (χ0n) is 12.6. The molecule has 3 rings (SSSR count). The summed E-state index contributed by atoms with van der Waals surface area (Å²) in [5.74, 6) is 0.755. The molecule has 1 heterocycles. The minimum Gasteiger partial charge on any atom is -0.497 e. The van der Waals surface area contributed by atoms with Crippen molar-refractivity contribution in [1.82, 2.24) is 15.0 Å². The smallest absolute Gasteiger partial charge is 0.172 e. The number of hydrogen-bond donors (Lipinski definition) is 0. The molecular formula is C18H15N3O2. The molecule has 0 radical (unpaired) electrons. The monoisotopic (exact) mass is 305 g/mol. The predicted molar refractivity (Wildman–Crippen MR) is 88.7 cm³/mol. The number of hydrogen-bond acceptors (Lipinski definition) is 4. The molecule has 0 amide bonds. The molecular weight excluding hydrogens is 290 g/mol. The molecule has 0 N–H and O–H groups in total. The van der Waals surface area contributed by atoms with Gasteiger partial charge in [-0.1, -0.05) is 41.6 Å². The lowest BCUT2D eigenvalue weighted by atomic mass is 10.2. The van der Waals surface area contributed by atoms with Gasteiger partial charge in [0.25, 0.3) is 0 Å². The van der Waals surface area contributed by atoms with Crippen molar-refractivity contribution in [2.24, 2.45) is 0 Å². The van der Waals surface area contributed by atoms with E-state index in [4.69, 9.17) is 4.74 Å². The zero-order chi connectivity index (χ0) is 16.1. The Morgan fingerprint density at radius 2 is 1.74 bits per heavy atom. The third-order valence-corrected chi connectivity index (χ3v) is 3.39. The van der Waals surface area contributed by atoms with Gasteiger partial charge in [-0.15, -0.1) is 5.10 Å². The highest BCUT2D eigenvalue weighted by Gasteiger charge is 2.11. The molecule has 0 unspecified atom stereocenters. The van der Waals surface area contributed by atoms with Crippen LogP contribution in [0.4, 0.5) is 0 Å². The van der Waals surface area contributed by atoms with Gasteiger partial charge in [0.15, 0.2) is 12.0 Å². The first-order chi connectivity index (χ1) is 11.3. The third-order valence-electron chi connectivity index (χ3n) is 3.39. The van der Waals surface area contributed by atoms with Crippen LogP contribution in [0.1, 0.15) is 21.7 Å². The SMILES string of the molecule is COc1ccc(-n2nnc(C=O)c2/C=C/c2ccccc2)cc1. The number of benzene rings is 2. The number of aromatic nitrogens is 3. The second-order valence-electron chi connectivity index (χ2n) is 4.83. The summed E-state index contributed by atoms with van der Waals surface area (Å²) < 4.78 is 6.78. The van der Waals surface area contributed by atoms with Crippen LogP contribution >= 0.6 is 0 Å². The van der Waals surface area contributed by atoms with E-state index in [9.17, 15) is 4.79 Å². The molecule has 0 fully saturated rings. The summed E-state index contributed by atoms with van der Waals surface area (Å²) in [4.78, 5) is 11.2. The van der Waals surface area contributed by atoms with E-state index in [0.717, 1.165) is 17.0 Å². The second-order valence-corrected chi connectivity index (χ2v) is 4.83. The van der Waals surface area contributed by atoms with Crippen molar-refractivity contribution in [1.29, 1.82) is 0 Å². The minimum absolute atomic E-state index is 0.299. The van der Waals surface area contributed by atoms with Gasteiger partial charge in [0, 0.05) is 0 Å². The van der Waals surface area contributed by atoms with Crippen LogP contribution in [-0.2, 0) is 0 Å². The summed E-state index contributed by atoms with van der Waals surface area (Å²) in [6.07, 6.45) is 4.46. The van der Waals surface area contributed by atoms with Gasteiger partial charge in [-0.05, 0) is 35.9 Å². The number of aldehydes is 1. The number of rotatable bonds is 5. The van der Waals surface area contributed by atoms with E-state index >= 15 is 0 Å². The van der Waals surface area contributed by atoms with Crippen LogP contribution < -0.4 is 4.74 Å². The van der Waals surface area contributed by atoms with E-state index in [1.807, 2.05) is 66.7 Å². The van der Waals surface area contributed by atoms with Gasteiger partial charge >= 0.3 is 0 Å². The molecule has 0 bridgehead atoms. The molecule has 2 aromatic carbocycles. The molecule has 0 aliphatic heterocycles. The Morgan fingerprint density at radius 1 is 1.00 bits per heavy atom. The molecule has 0 aliphatic carbocycles. The normalized spacial score (nSPS) is 10.8. The van der Waals surface area contributed by atoms with Crippen molar-refractivity contribution in [2.75, 3.05) is 7.11 Å². The van der Waals surface area contributed by atoms with Gasteiger partial charge in [0.2, 0.25) is 0 Å². The quantitative estimate of drug-likeness (QED) is 0.679. The van der Waals surface area contributed by atoms with Crippen molar-refractivity contribution < 1.29 is 9.53 Å². The number of carbonyl (C=O) groups excluding carboxylic acids is 1. The molecule has 0 atom stereocenters. The number of nitrogens with zero attached hydrogens (tertiary/aromatic N) is 3. The molecule has 1 aromatic heterocycles. The molecule has 0 saturated heterocycles. The van der Waals surface area contributed by atoms with E-state index < -0.39 is 0 Å². The van der Waals surface area contributed by atoms with Gasteiger partial charge in [0.05, 0.1) is 18.5 Å². The second kappa shape index (κ2) is 6.70. The first-order valence-corrected chi connectivity index (χ1v) is 7.10. The van der Waals surface area contributed by atoms with Crippen molar-refractivity contribution in [3.05, 3.63) is 71.5 Å². The molecule has 3 aromatic rings. The molecule has 0 aliphatic rings. The summed E-state index contributed by atoms with van der Waals surface area (Å²) in [5, 5.41) is 8.00. The molecule has 0 spiro atoms. The van der Waals surface area contributed by atoms with Crippen LogP contribution in [0.2, 0.25) is 0 Å². The minimum atomic E-state index is 0.299. The average Bonchev–Trinajstić information content (AvgIpc) is 3.04. The maximum absolute atomic E-state index is 11.2. The van der Waals surface area contributed by atoms with Gasteiger partial charge < -0.3 is 4.74 Å². The lowest BCUT2D eigenvalue weighted by Gasteiger charge is -2.05. The van der Waals surface area contributed by atoms with Crippen LogP contribution in [0.25, 0.3) is 17.8 Å². The maximum atomic E-state index is 11.2. The van der Waals surface area contributed by atoms with Crippen LogP contribution in [-0.4, -0.2) is 28.4 Å². The number of carbonyl (C=O) groups is 1. The first-order valence-electron chi connectivity index (χ1n) is 7.10. The highest BCUT2D eigenvalue weighted by Crippen LogP contribution is 2.18. The van der Waals surface area contributed by atoms with Gasteiger partial charge in [-0.25, -0.2) is 4.68 Å². The summed E-state index contributed by atoms with van der Waals surface area (Å²) in [6.45, 7) is 0. The Morgan fingerprint density at radius 3 is 2.39 bits per heavy atom. The fourth-order valence-electron chi connectivity index (χ4n) is 2.19. The molecule has 23 heavy (non-hydrogen) atoms. The van der Waals surface area contributed by atoms with Crippen molar-refractivity contribution >= 4 is 18.4 Å². The van der Waals surface area contributed by atoms with Crippen LogP contribution in [0.15, 0.2) is 54.6 Å². The Labute approximate surface area is 133 Å². The van der Waals surface area contributed by atoms with Crippen LogP contribution in [0, 0.1) is 0 Å². The lowest BCUT2D eigenvalue weighted by Crippen LogP contribution is -1.99. The average molecular weight is 305 g/mol. The molecule has 0 saturated carbocycles. The third kappa shape index (κ3) is 3.18. The summed E-state index contributed by atoms with van der Waals surface area (Å²) in [6, 6.07) is 17.2. The number of methoxy groups -OCH3 is 1. The summed E-state index contributed by atoms with van der Waals surface area (Å²) in [5.41, 5.74) is 2.77. The zero-order valence-corrected chi connectivity index (χ0v) is 12.6. The summed E-state index contributed by atoms with van der Waals surface area (Å²) >= 11 is 0. The maximum Gasteiger partial charge on any atom is 0.172 e. The first kappa shape index (κ1) is 14.7. The largest absolute Gasteiger partial charge is 0.497 e. The lowest BCUT2D eigenvalue weighted by molar-refractivity contribution is 0.111. The fraction of sp³-hybridized carbons (Fsp3) is 0.0556. The Balaban J connectivity index is 2.00. The Bertz CT molecular complexity index is 821. The summed E-state index contributed by atoms with van der Waals surface area (Å²) in [7, 11) is 1.61. The van der Waals surface area contributed by atoms with E-state index in [0.29, 0.717) is 17.7 Å². The number of ether oxygens (including phenoxy) is 1. The van der Waals surface area contributed by atoms with Crippen LogP contribution in [0.5, 0.6) is 5.75 Å². The van der Waals surface area contributed by atoms with Gasteiger partial charge in [-0.3, -0.25) is 4.79 Å². The van der Waals surface area contributed by atoms with Crippen molar-refractivity contribution in [2.45, 2.75) is 0 Å². The van der Waals surface area contributed by atoms with Crippen molar-refractivity contribution in [3.8, 4) is 11.4 Å². The van der Waals surface area contributed by atoms with E-state index in [1.54, 1.807) is 11.8 Å². The van der Waals surface area contributed by atoms with E-state index in [1.165, 1.54) is 0 Å². The molecule has 5 nitrogen and oxygen atoms in total. The topological polar surface area (TPSA) is 57.0 Å². The van der Waals surface area contributed by atoms with Crippen molar-refractivity contribution in [3.63, 3.8) is 0 Å². The van der Waals surface area contributed by atoms with E-state index in [-0.39, 0.29) is 0 Å². The fourth-order valence-corrected chi connectivity index (χ4v) is 2.19.